The van der Waals surface area contributed by atoms with Gasteiger partial charge < -0.3 is 5.11 Å². The van der Waals surface area contributed by atoms with Gasteiger partial charge in [0, 0.05) is 0 Å². The molecule has 4 rings (SSSR count). The van der Waals surface area contributed by atoms with Gasteiger partial charge in [0.05, 0.1) is 6.10 Å². The van der Waals surface area contributed by atoms with Crippen molar-refractivity contribution >= 4 is 0 Å². The molecule has 0 spiro atoms. The van der Waals surface area contributed by atoms with Gasteiger partial charge in [-0.2, -0.15) is 0 Å². The number of rotatable bonds is 5. The first-order valence-electron chi connectivity index (χ1n) is 12.8. The van der Waals surface area contributed by atoms with Crippen LogP contribution in [-0.2, 0) is 0 Å². The molecule has 1 N–H and O–H groups in total. The Morgan fingerprint density at radius 3 is 2.52 bits per heavy atom. The second-order valence-electron chi connectivity index (χ2n) is 12.3. The summed E-state index contributed by atoms with van der Waals surface area (Å²) < 4.78 is 0. The van der Waals surface area contributed by atoms with Crippen molar-refractivity contribution in [1.29, 1.82) is 0 Å². The standard InChI is InChI=1S/C28H46O/c1-18(2)19(3)7-8-20(4)24-11-12-25-23-10-9-21-17-22(29)13-15-27(21,5)26(23)14-16-28(24,25)6/h11-12,18-22,24,26,29H,7-10,13-17H2,1-6H3/t19-,20+,21-,22-,24+,26?,27-,28+/m0/s1. The van der Waals surface area contributed by atoms with Gasteiger partial charge in [-0.1, -0.05) is 65.7 Å². The van der Waals surface area contributed by atoms with Gasteiger partial charge in [0.25, 0.3) is 0 Å². The molecule has 29 heavy (non-hydrogen) atoms. The minimum Gasteiger partial charge on any atom is -0.393 e. The zero-order valence-electron chi connectivity index (χ0n) is 20.0. The maximum Gasteiger partial charge on any atom is 0.0543 e. The molecule has 0 amide bonds. The van der Waals surface area contributed by atoms with E-state index in [0.717, 1.165) is 48.3 Å². The van der Waals surface area contributed by atoms with Crippen molar-refractivity contribution in [3.05, 3.63) is 23.3 Å². The fourth-order valence-corrected chi connectivity index (χ4v) is 7.89. The smallest absolute Gasteiger partial charge is 0.0543 e. The molecule has 1 unspecified atom stereocenters. The van der Waals surface area contributed by atoms with Gasteiger partial charge >= 0.3 is 0 Å². The summed E-state index contributed by atoms with van der Waals surface area (Å²) >= 11 is 0. The Labute approximate surface area is 180 Å². The molecular weight excluding hydrogens is 352 g/mol. The Bertz CT molecular complexity index is 672. The summed E-state index contributed by atoms with van der Waals surface area (Å²) in [6, 6.07) is 0. The van der Waals surface area contributed by atoms with Crippen molar-refractivity contribution in [2.45, 2.75) is 105 Å². The molecule has 164 valence electrons. The largest absolute Gasteiger partial charge is 0.393 e. The molecule has 0 aromatic rings. The lowest BCUT2D eigenvalue weighted by Crippen LogP contribution is -2.48. The lowest BCUT2D eigenvalue weighted by molar-refractivity contribution is -0.0376. The van der Waals surface area contributed by atoms with Crippen LogP contribution in [-0.4, -0.2) is 11.2 Å². The number of fused-ring (bicyclic) bond motifs is 4. The van der Waals surface area contributed by atoms with E-state index < -0.39 is 0 Å². The normalized spacial score (nSPS) is 43.7. The lowest BCUT2D eigenvalue weighted by Gasteiger charge is -2.56. The molecule has 0 bridgehead atoms. The summed E-state index contributed by atoms with van der Waals surface area (Å²) in [6.45, 7) is 14.9. The number of hydrogen-bond acceptors (Lipinski definition) is 1. The highest BCUT2D eigenvalue weighted by atomic mass is 16.3. The van der Waals surface area contributed by atoms with Gasteiger partial charge in [0.2, 0.25) is 0 Å². The molecule has 0 saturated heterocycles. The quantitative estimate of drug-likeness (QED) is 0.506. The number of aliphatic hydroxyl groups excluding tert-OH is 1. The molecule has 0 heterocycles. The summed E-state index contributed by atoms with van der Waals surface area (Å²) in [5.74, 6) is 4.66. The van der Waals surface area contributed by atoms with Gasteiger partial charge in [-0.3, -0.25) is 0 Å². The van der Waals surface area contributed by atoms with Crippen molar-refractivity contribution in [2.24, 2.45) is 46.3 Å². The maximum atomic E-state index is 10.2. The fourth-order valence-electron chi connectivity index (χ4n) is 7.89. The van der Waals surface area contributed by atoms with Gasteiger partial charge in [-0.15, -0.1) is 0 Å². The maximum absolute atomic E-state index is 10.2. The third-order valence-corrected chi connectivity index (χ3v) is 10.4. The van der Waals surface area contributed by atoms with E-state index in [4.69, 9.17) is 0 Å². The van der Waals surface area contributed by atoms with E-state index in [2.05, 4.69) is 53.7 Å². The van der Waals surface area contributed by atoms with Crippen molar-refractivity contribution in [3.8, 4) is 0 Å². The summed E-state index contributed by atoms with van der Waals surface area (Å²) in [6.07, 6.45) is 16.5. The molecule has 2 fully saturated rings. The molecule has 2 saturated carbocycles. The summed E-state index contributed by atoms with van der Waals surface area (Å²) in [5, 5.41) is 10.2. The van der Waals surface area contributed by atoms with Crippen molar-refractivity contribution in [3.63, 3.8) is 0 Å². The molecule has 4 aliphatic carbocycles. The van der Waals surface area contributed by atoms with Gasteiger partial charge in [-0.05, 0) is 103 Å². The lowest BCUT2D eigenvalue weighted by atomic mass is 9.48. The molecule has 1 nitrogen and oxygen atoms in total. The van der Waals surface area contributed by atoms with Crippen LogP contribution in [0.15, 0.2) is 23.3 Å². The highest BCUT2D eigenvalue weighted by molar-refractivity contribution is 5.44. The van der Waals surface area contributed by atoms with Crippen LogP contribution in [0.5, 0.6) is 0 Å². The van der Waals surface area contributed by atoms with E-state index >= 15 is 0 Å². The van der Waals surface area contributed by atoms with E-state index in [1.807, 2.05) is 5.57 Å². The third kappa shape index (κ3) is 3.58. The van der Waals surface area contributed by atoms with Crippen LogP contribution in [0.3, 0.4) is 0 Å². The van der Waals surface area contributed by atoms with Crippen molar-refractivity contribution in [1.82, 2.24) is 0 Å². The van der Waals surface area contributed by atoms with Crippen LogP contribution in [0.1, 0.15) is 99.3 Å². The first-order valence-corrected chi connectivity index (χ1v) is 12.8. The van der Waals surface area contributed by atoms with Crippen LogP contribution in [0.2, 0.25) is 0 Å². The zero-order valence-corrected chi connectivity index (χ0v) is 20.0. The van der Waals surface area contributed by atoms with Crippen LogP contribution in [0.4, 0.5) is 0 Å². The van der Waals surface area contributed by atoms with Crippen LogP contribution >= 0.6 is 0 Å². The summed E-state index contributed by atoms with van der Waals surface area (Å²) in [5.41, 5.74) is 4.39. The van der Waals surface area contributed by atoms with E-state index in [0.29, 0.717) is 10.8 Å². The predicted molar refractivity (Wildman–Crippen MR) is 124 cm³/mol. The molecule has 1 heteroatoms. The number of aliphatic hydroxyl groups is 1. The summed E-state index contributed by atoms with van der Waals surface area (Å²) in [4.78, 5) is 0. The van der Waals surface area contributed by atoms with Crippen LogP contribution in [0, 0.1) is 46.3 Å². The monoisotopic (exact) mass is 398 g/mol. The molecule has 0 aromatic heterocycles. The van der Waals surface area contributed by atoms with Crippen molar-refractivity contribution in [2.75, 3.05) is 0 Å². The molecule has 0 aliphatic heterocycles. The van der Waals surface area contributed by atoms with Gasteiger partial charge in [-0.25, -0.2) is 0 Å². The average Bonchev–Trinajstić information content (AvgIpc) is 3.03. The second kappa shape index (κ2) is 7.85. The predicted octanol–water partition coefficient (Wildman–Crippen LogP) is 7.55. The van der Waals surface area contributed by atoms with E-state index in [1.165, 1.54) is 44.9 Å². The van der Waals surface area contributed by atoms with Crippen LogP contribution in [0.25, 0.3) is 0 Å². The minimum atomic E-state index is -0.0408. The first kappa shape index (κ1) is 21.7. The number of allylic oxidation sites excluding steroid dienone is 4. The Balaban J connectivity index is 1.54. The van der Waals surface area contributed by atoms with E-state index in [1.54, 1.807) is 5.57 Å². The molecule has 8 atom stereocenters. The highest BCUT2D eigenvalue weighted by Gasteiger charge is 2.54. The minimum absolute atomic E-state index is 0.0408. The summed E-state index contributed by atoms with van der Waals surface area (Å²) in [7, 11) is 0. The fraction of sp³-hybridized carbons (Fsp3) is 0.857. The molecule has 0 aromatic carbocycles. The Hall–Kier alpha value is -0.560. The Morgan fingerprint density at radius 1 is 1.03 bits per heavy atom. The topological polar surface area (TPSA) is 20.2 Å². The zero-order chi connectivity index (χ0) is 21.0. The number of hydrogen-bond donors (Lipinski definition) is 1. The first-order chi connectivity index (χ1) is 13.7. The Morgan fingerprint density at radius 2 is 1.79 bits per heavy atom. The SMILES string of the molecule is CC(C)[C@@H](C)CC[C@@H](C)[C@H]1C=CC2=C3CC[C@H]4C[C@@H](O)CC[C@]4(C)C3CC[C@@]21C. The Kier molecular flexibility index (Phi) is 5.86. The highest BCUT2D eigenvalue weighted by Crippen LogP contribution is 2.64. The van der Waals surface area contributed by atoms with Crippen LogP contribution < -0.4 is 0 Å². The molecular formula is C28H46O. The third-order valence-electron chi connectivity index (χ3n) is 10.4. The molecule has 0 radical (unpaired) electrons. The van der Waals surface area contributed by atoms with Gasteiger partial charge in [0.15, 0.2) is 0 Å². The van der Waals surface area contributed by atoms with Gasteiger partial charge in [0.1, 0.15) is 0 Å². The second-order valence-corrected chi connectivity index (χ2v) is 12.3. The van der Waals surface area contributed by atoms with E-state index in [9.17, 15) is 5.11 Å². The van der Waals surface area contributed by atoms with E-state index in [-0.39, 0.29) is 6.10 Å². The average molecular weight is 399 g/mol. The molecule has 4 aliphatic rings. The van der Waals surface area contributed by atoms with Crippen molar-refractivity contribution < 1.29 is 5.11 Å².